The number of hydrogen-bond donors (Lipinski definition) is 2. The lowest BCUT2D eigenvalue weighted by molar-refractivity contribution is 1.69. The Bertz CT molecular complexity index is 521. The Morgan fingerprint density at radius 2 is 1.14 bits per heavy atom. The van der Waals surface area contributed by atoms with Crippen molar-refractivity contribution in [2.75, 3.05) is 11.5 Å². The molecule has 2 heteroatoms. The van der Waals surface area contributed by atoms with Gasteiger partial charge in [0.2, 0.25) is 0 Å². The fourth-order valence-electron chi connectivity index (χ4n) is 2.06. The van der Waals surface area contributed by atoms with E-state index in [1.165, 1.54) is 16.5 Å². The molecular weight excluding hydrogens is 172 g/mol. The number of benzene rings is 2. The summed E-state index contributed by atoms with van der Waals surface area (Å²) in [6.45, 7) is 0. The van der Waals surface area contributed by atoms with Crippen molar-refractivity contribution in [2.24, 2.45) is 0 Å². The maximum atomic E-state index is 5.91. The minimum atomic E-state index is 0.756. The first-order valence-electron chi connectivity index (χ1n) is 4.56. The zero-order chi connectivity index (χ0) is 9.71. The molecule has 0 bridgehead atoms. The molecule has 14 heavy (non-hydrogen) atoms. The van der Waals surface area contributed by atoms with Crippen LogP contribution in [0.3, 0.4) is 0 Å². The molecule has 0 aromatic heterocycles. The van der Waals surface area contributed by atoms with E-state index in [1.807, 2.05) is 24.3 Å². The molecule has 3 rings (SSSR count). The van der Waals surface area contributed by atoms with Gasteiger partial charge in [-0.15, -0.1) is 0 Å². The lowest BCUT2D eigenvalue weighted by Gasteiger charge is -2.07. The number of anilines is 2. The van der Waals surface area contributed by atoms with Crippen molar-refractivity contribution in [1.29, 1.82) is 0 Å². The molecule has 2 nitrogen and oxygen atoms in total. The minimum absolute atomic E-state index is 0.756. The van der Waals surface area contributed by atoms with Crippen LogP contribution in [0.25, 0.3) is 22.9 Å². The Hall–Kier alpha value is -1.96. The lowest BCUT2D eigenvalue weighted by Crippen LogP contribution is -1.94. The van der Waals surface area contributed by atoms with E-state index >= 15 is 0 Å². The third-order valence-corrected chi connectivity index (χ3v) is 2.73. The van der Waals surface area contributed by atoms with Crippen molar-refractivity contribution < 1.29 is 0 Å². The van der Waals surface area contributed by atoms with Crippen LogP contribution in [0, 0.1) is 0 Å². The molecule has 0 heterocycles. The van der Waals surface area contributed by atoms with Crippen molar-refractivity contribution in [3.63, 3.8) is 0 Å². The minimum Gasteiger partial charge on any atom is -0.398 e. The molecule has 0 amide bonds. The Kier molecular flexibility index (Phi) is 1.22. The van der Waals surface area contributed by atoms with Crippen molar-refractivity contribution in [1.82, 2.24) is 0 Å². The van der Waals surface area contributed by atoms with Crippen LogP contribution in [0.2, 0.25) is 0 Å². The Labute approximate surface area is 81.8 Å². The van der Waals surface area contributed by atoms with Gasteiger partial charge in [-0.25, -0.2) is 0 Å². The van der Waals surface area contributed by atoms with Crippen molar-refractivity contribution in [2.45, 2.75) is 0 Å². The van der Waals surface area contributed by atoms with Gasteiger partial charge < -0.3 is 11.5 Å². The van der Waals surface area contributed by atoms with Gasteiger partial charge in [0, 0.05) is 22.1 Å². The number of hydrogen-bond acceptors (Lipinski definition) is 2. The first kappa shape index (κ1) is 7.44. The van der Waals surface area contributed by atoms with Gasteiger partial charge in [-0.05, 0) is 23.3 Å². The lowest BCUT2D eigenvalue weighted by atomic mass is 10.0. The SMILES string of the molecule is Nc1ccc2c3c(ccc(N)c13)C=C2. The van der Waals surface area contributed by atoms with E-state index in [4.69, 9.17) is 11.5 Å². The van der Waals surface area contributed by atoms with E-state index in [0.29, 0.717) is 0 Å². The highest BCUT2D eigenvalue weighted by Crippen LogP contribution is 2.37. The molecule has 0 saturated carbocycles. The zero-order valence-electron chi connectivity index (χ0n) is 7.62. The first-order valence-corrected chi connectivity index (χ1v) is 4.56. The molecule has 68 valence electrons. The molecule has 4 N–H and O–H groups in total. The van der Waals surface area contributed by atoms with E-state index in [1.54, 1.807) is 0 Å². The molecule has 2 aromatic carbocycles. The average Bonchev–Trinajstić information content (AvgIpc) is 2.58. The smallest absolute Gasteiger partial charge is 0.0415 e. The highest BCUT2D eigenvalue weighted by atomic mass is 14.6. The topological polar surface area (TPSA) is 52.0 Å². The summed E-state index contributed by atoms with van der Waals surface area (Å²) in [7, 11) is 0. The quantitative estimate of drug-likeness (QED) is 0.525. The Balaban J connectivity index is 2.64. The summed E-state index contributed by atoms with van der Waals surface area (Å²) in [5.74, 6) is 0. The van der Waals surface area contributed by atoms with Gasteiger partial charge in [0.25, 0.3) is 0 Å². The Morgan fingerprint density at radius 1 is 0.643 bits per heavy atom. The van der Waals surface area contributed by atoms with E-state index < -0.39 is 0 Å². The van der Waals surface area contributed by atoms with Gasteiger partial charge in [0.1, 0.15) is 0 Å². The molecule has 2 aromatic rings. The molecule has 0 saturated heterocycles. The maximum Gasteiger partial charge on any atom is 0.0415 e. The second-order valence-corrected chi connectivity index (χ2v) is 3.57. The van der Waals surface area contributed by atoms with Crippen LogP contribution < -0.4 is 11.5 Å². The van der Waals surface area contributed by atoms with Gasteiger partial charge in [-0.1, -0.05) is 24.3 Å². The fraction of sp³-hybridized carbons (Fsp3) is 0. The summed E-state index contributed by atoms with van der Waals surface area (Å²) in [5, 5.41) is 2.18. The predicted molar refractivity (Wildman–Crippen MR) is 61.7 cm³/mol. The van der Waals surface area contributed by atoms with Gasteiger partial charge in [0.15, 0.2) is 0 Å². The summed E-state index contributed by atoms with van der Waals surface area (Å²) in [6.07, 6.45) is 4.19. The van der Waals surface area contributed by atoms with E-state index in [-0.39, 0.29) is 0 Å². The summed E-state index contributed by atoms with van der Waals surface area (Å²) in [5.41, 5.74) is 15.8. The van der Waals surface area contributed by atoms with Crippen LogP contribution in [-0.4, -0.2) is 0 Å². The van der Waals surface area contributed by atoms with Gasteiger partial charge in [-0.2, -0.15) is 0 Å². The van der Waals surface area contributed by atoms with E-state index in [9.17, 15) is 0 Å². The number of rotatable bonds is 0. The highest BCUT2D eigenvalue weighted by Gasteiger charge is 2.12. The average molecular weight is 182 g/mol. The van der Waals surface area contributed by atoms with Crippen LogP contribution in [-0.2, 0) is 0 Å². The second kappa shape index (κ2) is 2.29. The van der Waals surface area contributed by atoms with Crippen LogP contribution in [0.1, 0.15) is 11.1 Å². The molecule has 0 fully saturated rings. The molecule has 1 aliphatic carbocycles. The van der Waals surface area contributed by atoms with Crippen molar-refractivity contribution in [3.05, 3.63) is 35.4 Å². The largest absolute Gasteiger partial charge is 0.398 e. The zero-order valence-corrected chi connectivity index (χ0v) is 7.62. The molecular formula is C12H10N2. The molecule has 0 atom stereocenters. The monoisotopic (exact) mass is 182 g/mol. The van der Waals surface area contributed by atoms with Gasteiger partial charge in [-0.3, -0.25) is 0 Å². The highest BCUT2D eigenvalue weighted by molar-refractivity contribution is 6.13. The summed E-state index contributed by atoms with van der Waals surface area (Å²) < 4.78 is 0. The van der Waals surface area contributed by atoms with Crippen LogP contribution in [0.4, 0.5) is 11.4 Å². The standard InChI is InChI=1S/C12H10N2/c13-9-5-3-7-1-2-8-4-6-10(14)12(9)11(7)8/h1-6H,13-14H2. The maximum absolute atomic E-state index is 5.91. The first-order chi connectivity index (χ1) is 6.77. The molecule has 0 spiro atoms. The van der Waals surface area contributed by atoms with Crippen LogP contribution in [0.15, 0.2) is 24.3 Å². The van der Waals surface area contributed by atoms with E-state index in [0.717, 1.165) is 16.8 Å². The van der Waals surface area contributed by atoms with Crippen LogP contribution >= 0.6 is 0 Å². The van der Waals surface area contributed by atoms with Crippen molar-refractivity contribution >= 4 is 34.3 Å². The third kappa shape index (κ3) is 0.752. The molecule has 0 aliphatic heterocycles. The van der Waals surface area contributed by atoms with Gasteiger partial charge >= 0.3 is 0 Å². The molecule has 1 aliphatic rings. The Morgan fingerprint density at radius 3 is 1.64 bits per heavy atom. The molecule has 0 unspecified atom stereocenters. The normalized spacial score (nSPS) is 12.6. The predicted octanol–water partition coefficient (Wildman–Crippen LogP) is 2.49. The number of nitrogens with two attached hydrogens (primary N) is 2. The van der Waals surface area contributed by atoms with Gasteiger partial charge in [0.05, 0.1) is 0 Å². The summed E-state index contributed by atoms with van der Waals surface area (Å²) >= 11 is 0. The molecule has 0 radical (unpaired) electrons. The fourth-order valence-corrected chi connectivity index (χ4v) is 2.06. The second-order valence-electron chi connectivity index (χ2n) is 3.57. The summed E-state index contributed by atoms with van der Waals surface area (Å²) in [6, 6.07) is 7.88. The summed E-state index contributed by atoms with van der Waals surface area (Å²) in [4.78, 5) is 0. The van der Waals surface area contributed by atoms with E-state index in [2.05, 4.69) is 12.2 Å². The van der Waals surface area contributed by atoms with Crippen molar-refractivity contribution in [3.8, 4) is 0 Å². The number of nitrogen functional groups attached to an aromatic ring is 2. The van der Waals surface area contributed by atoms with Crippen LogP contribution in [0.5, 0.6) is 0 Å². The third-order valence-electron chi connectivity index (χ3n) is 2.73.